The molecule has 150 valence electrons. The number of benzene rings is 2. The topological polar surface area (TPSA) is 35.9 Å². The summed E-state index contributed by atoms with van der Waals surface area (Å²) in [5.41, 5.74) is 4.42. The number of fused-ring (bicyclic) bond motifs is 3. The molecule has 3 aliphatic rings. The van der Waals surface area contributed by atoms with E-state index in [1.165, 1.54) is 24.1 Å². The predicted octanol–water partition coefficient (Wildman–Crippen LogP) is 4.16. The first-order valence-corrected chi connectivity index (χ1v) is 10.7. The van der Waals surface area contributed by atoms with Crippen LogP contribution in [0.5, 0.6) is 0 Å². The molecule has 2 heterocycles. The number of amides is 1. The number of carbonyl (C=O) groups is 1. The minimum atomic E-state index is -0.256. The first-order chi connectivity index (χ1) is 14.2. The second-order valence-corrected chi connectivity index (χ2v) is 8.36. The number of aryl methyl sites for hydroxylation is 1. The van der Waals surface area contributed by atoms with Crippen LogP contribution in [0.3, 0.4) is 0 Å². The molecular weight excluding hydrogens is 365 g/mol. The summed E-state index contributed by atoms with van der Waals surface area (Å²) >= 11 is 0. The van der Waals surface area contributed by atoms with Crippen molar-refractivity contribution in [2.75, 3.05) is 19.6 Å². The van der Waals surface area contributed by atoms with E-state index in [-0.39, 0.29) is 23.7 Å². The van der Waals surface area contributed by atoms with Crippen LogP contribution in [0, 0.1) is 11.7 Å². The number of hydrogen-bond donors (Lipinski definition) is 0. The van der Waals surface area contributed by atoms with Crippen LogP contribution >= 0.6 is 0 Å². The SMILES string of the molecule is O=C(CN1CCCCC1)N1N=C2c3ccccc3CC[C@H]2[C@@H]1c1ccc(F)cc1. The molecule has 1 fully saturated rings. The number of carbonyl (C=O) groups excluding carboxylic acids is 1. The van der Waals surface area contributed by atoms with Gasteiger partial charge in [-0.3, -0.25) is 9.69 Å². The molecule has 29 heavy (non-hydrogen) atoms. The van der Waals surface area contributed by atoms with Crippen LogP contribution in [0.4, 0.5) is 4.39 Å². The molecule has 2 aliphatic heterocycles. The number of hydrazone groups is 1. The second-order valence-electron chi connectivity index (χ2n) is 8.36. The van der Waals surface area contributed by atoms with Gasteiger partial charge in [-0.25, -0.2) is 9.40 Å². The van der Waals surface area contributed by atoms with E-state index in [4.69, 9.17) is 5.10 Å². The molecule has 0 bridgehead atoms. The Balaban J connectivity index is 1.50. The highest BCUT2D eigenvalue weighted by molar-refractivity contribution is 6.06. The maximum absolute atomic E-state index is 13.6. The molecule has 2 aromatic rings. The van der Waals surface area contributed by atoms with E-state index in [1.54, 1.807) is 17.1 Å². The Morgan fingerprint density at radius 2 is 1.79 bits per heavy atom. The number of likely N-dealkylation sites (tertiary alicyclic amines) is 1. The van der Waals surface area contributed by atoms with Gasteiger partial charge in [-0.15, -0.1) is 0 Å². The fourth-order valence-electron chi connectivity index (χ4n) is 5.05. The molecule has 0 N–H and O–H groups in total. The Bertz CT molecular complexity index is 933. The van der Waals surface area contributed by atoms with Crippen LogP contribution in [0.15, 0.2) is 53.6 Å². The second kappa shape index (κ2) is 7.71. The Kier molecular flexibility index (Phi) is 4.92. The normalized spacial score (nSPS) is 24.0. The molecule has 2 aromatic carbocycles. The molecule has 0 spiro atoms. The average Bonchev–Trinajstić information content (AvgIpc) is 3.15. The van der Waals surface area contributed by atoms with Gasteiger partial charge < -0.3 is 0 Å². The van der Waals surface area contributed by atoms with Crippen molar-refractivity contribution < 1.29 is 9.18 Å². The van der Waals surface area contributed by atoms with Gasteiger partial charge in [0.1, 0.15) is 5.82 Å². The molecule has 5 heteroatoms. The smallest absolute Gasteiger partial charge is 0.257 e. The highest BCUT2D eigenvalue weighted by atomic mass is 19.1. The Morgan fingerprint density at radius 3 is 2.59 bits per heavy atom. The zero-order valence-electron chi connectivity index (χ0n) is 16.6. The summed E-state index contributed by atoms with van der Waals surface area (Å²) in [5, 5.41) is 6.58. The molecular formula is C24H26FN3O. The van der Waals surface area contributed by atoms with Crippen molar-refractivity contribution in [2.45, 2.75) is 38.1 Å². The monoisotopic (exact) mass is 391 g/mol. The molecule has 4 nitrogen and oxygen atoms in total. The first kappa shape index (κ1) is 18.5. The van der Waals surface area contributed by atoms with Crippen LogP contribution in [0.2, 0.25) is 0 Å². The number of piperidine rings is 1. The number of hydrogen-bond acceptors (Lipinski definition) is 3. The lowest BCUT2D eigenvalue weighted by molar-refractivity contribution is -0.135. The van der Waals surface area contributed by atoms with Crippen molar-refractivity contribution in [2.24, 2.45) is 11.0 Å². The number of nitrogens with zero attached hydrogens (tertiary/aromatic N) is 3. The summed E-state index contributed by atoms with van der Waals surface area (Å²) in [4.78, 5) is 15.6. The van der Waals surface area contributed by atoms with E-state index in [2.05, 4.69) is 23.1 Å². The summed E-state index contributed by atoms with van der Waals surface area (Å²) < 4.78 is 13.6. The summed E-state index contributed by atoms with van der Waals surface area (Å²) in [6.45, 7) is 2.36. The minimum absolute atomic E-state index is 0.0422. The third-order valence-electron chi connectivity index (χ3n) is 6.50. The van der Waals surface area contributed by atoms with Gasteiger partial charge in [-0.05, 0) is 62.0 Å². The van der Waals surface area contributed by atoms with Gasteiger partial charge in [0, 0.05) is 11.5 Å². The van der Waals surface area contributed by atoms with Gasteiger partial charge in [0.25, 0.3) is 5.91 Å². The van der Waals surface area contributed by atoms with E-state index >= 15 is 0 Å². The molecule has 0 unspecified atom stereocenters. The molecule has 2 atom stereocenters. The van der Waals surface area contributed by atoms with Crippen LogP contribution in [0.1, 0.15) is 48.4 Å². The van der Waals surface area contributed by atoms with Gasteiger partial charge in [-0.2, -0.15) is 5.10 Å². The molecule has 1 amide bonds. The number of rotatable bonds is 3. The van der Waals surface area contributed by atoms with E-state index in [9.17, 15) is 9.18 Å². The molecule has 0 radical (unpaired) electrons. The maximum Gasteiger partial charge on any atom is 0.257 e. The maximum atomic E-state index is 13.6. The first-order valence-electron chi connectivity index (χ1n) is 10.7. The van der Waals surface area contributed by atoms with Crippen LogP contribution in [0.25, 0.3) is 0 Å². The summed E-state index contributed by atoms with van der Waals surface area (Å²) in [6, 6.07) is 14.8. The highest BCUT2D eigenvalue weighted by Gasteiger charge is 2.43. The quantitative estimate of drug-likeness (QED) is 0.788. The van der Waals surface area contributed by atoms with Crippen molar-refractivity contribution >= 4 is 11.6 Å². The summed E-state index contributed by atoms with van der Waals surface area (Å²) in [6.07, 6.45) is 5.48. The van der Waals surface area contributed by atoms with Crippen molar-refractivity contribution in [1.82, 2.24) is 9.91 Å². The molecule has 1 saturated heterocycles. The van der Waals surface area contributed by atoms with E-state index in [1.807, 2.05) is 6.07 Å². The largest absolute Gasteiger partial charge is 0.294 e. The minimum Gasteiger partial charge on any atom is -0.294 e. The van der Waals surface area contributed by atoms with Crippen molar-refractivity contribution in [3.8, 4) is 0 Å². The van der Waals surface area contributed by atoms with Crippen molar-refractivity contribution in [1.29, 1.82) is 0 Å². The lowest BCUT2D eigenvalue weighted by atomic mass is 9.77. The van der Waals surface area contributed by atoms with Crippen LogP contribution in [-0.2, 0) is 11.2 Å². The van der Waals surface area contributed by atoms with E-state index in [0.29, 0.717) is 6.54 Å². The van der Waals surface area contributed by atoms with Gasteiger partial charge in [0.2, 0.25) is 0 Å². The third-order valence-corrected chi connectivity index (χ3v) is 6.50. The molecule has 1 aliphatic carbocycles. The van der Waals surface area contributed by atoms with E-state index in [0.717, 1.165) is 55.6 Å². The standard InChI is InChI=1S/C24H26FN3O/c25-19-11-8-18(9-12-19)24-21-13-10-17-6-2-3-7-20(17)23(21)26-28(24)22(29)16-27-14-4-1-5-15-27/h2-3,6-9,11-12,21,24H,1,4-5,10,13-16H2/t21-,24+/m1/s1. The fourth-order valence-corrected chi connectivity index (χ4v) is 5.05. The van der Waals surface area contributed by atoms with Gasteiger partial charge in [0.15, 0.2) is 0 Å². The molecule has 5 rings (SSSR count). The third kappa shape index (κ3) is 3.48. The highest BCUT2D eigenvalue weighted by Crippen LogP contribution is 2.43. The lowest BCUT2D eigenvalue weighted by Crippen LogP contribution is -2.41. The van der Waals surface area contributed by atoms with Gasteiger partial charge in [0.05, 0.1) is 18.3 Å². The zero-order chi connectivity index (χ0) is 19.8. The lowest BCUT2D eigenvalue weighted by Gasteiger charge is -2.31. The number of halogens is 1. The molecule has 0 saturated carbocycles. The molecule has 0 aromatic heterocycles. The van der Waals surface area contributed by atoms with Crippen molar-refractivity contribution in [3.63, 3.8) is 0 Å². The fraction of sp³-hybridized carbons (Fsp3) is 0.417. The Labute approximate surface area is 171 Å². The van der Waals surface area contributed by atoms with Gasteiger partial charge in [-0.1, -0.05) is 42.8 Å². The predicted molar refractivity (Wildman–Crippen MR) is 111 cm³/mol. The van der Waals surface area contributed by atoms with Crippen molar-refractivity contribution in [3.05, 3.63) is 71.0 Å². The summed E-state index contributed by atoms with van der Waals surface area (Å²) in [5.74, 6) is -0.0608. The Hall–Kier alpha value is -2.53. The Morgan fingerprint density at radius 1 is 1.03 bits per heavy atom. The van der Waals surface area contributed by atoms with E-state index < -0.39 is 0 Å². The summed E-state index contributed by atoms with van der Waals surface area (Å²) in [7, 11) is 0. The zero-order valence-corrected chi connectivity index (χ0v) is 16.6. The van der Waals surface area contributed by atoms with Crippen LogP contribution < -0.4 is 0 Å². The average molecular weight is 391 g/mol. The van der Waals surface area contributed by atoms with Crippen LogP contribution in [-0.4, -0.2) is 41.2 Å². The van der Waals surface area contributed by atoms with Gasteiger partial charge >= 0.3 is 0 Å².